The van der Waals surface area contributed by atoms with Crippen LogP contribution in [-0.4, -0.2) is 15.7 Å². The molecule has 1 amide bonds. The summed E-state index contributed by atoms with van der Waals surface area (Å²) >= 11 is 2.22. The lowest BCUT2D eigenvalue weighted by molar-refractivity contribution is -0.116. The molecule has 1 heterocycles. The molecule has 0 fully saturated rings. The molecule has 1 aromatic carbocycles. The standard InChI is InChI=1S/C13H14IN3O/c1-9-6-10(2)17(16-9)8-13(18)15-12-5-3-4-11(14)7-12/h3-7H,8H2,1-2H3,(H,15,18). The molecule has 0 bridgehead atoms. The number of hydrogen-bond acceptors (Lipinski definition) is 2. The Kier molecular flexibility index (Phi) is 4.00. The third-order valence-electron chi connectivity index (χ3n) is 2.51. The molecule has 0 radical (unpaired) electrons. The van der Waals surface area contributed by atoms with Gasteiger partial charge in [-0.1, -0.05) is 6.07 Å². The lowest BCUT2D eigenvalue weighted by Crippen LogP contribution is -2.20. The molecule has 0 spiro atoms. The second-order valence-electron chi connectivity index (χ2n) is 4.14. The summed E-state index contributed by atoms with van der Waals surface area (Å²) in [5.74, 6) is -0.0665. The van der Waals surface area contributed by atoms with Gasteiger partial charge in [-0.05, 0) is 60.7 Å². The van der Waals surface area contributed by atoms with Crippen molar-refractivity contribution in [2.75, 3.05) is 5.32 Å². The summed E-state index contributed by atoms with van der Waals surface area (Å²) in [6.07, 6.45) is 0. The fraction of sp³-hybridized carbons (Fsp3) is 0.231. The van der Waals surface area contributed by atoms with Crippen molar-refractivity contribution in [3.8, 4) is 0 Å². The zero-order valence-electron chi connectivity index (χ0n) is 10.3. The average Bonchev–Trinajstić information content (AvgIpc) is 2.57. The number of nitrogens with zero attached hydrogens (tertiary/aromatic N) is 2. The van der Waals surface area contributed by atoms with Crippen molar-refractivity contribution in [3.05, 3.63) is 45.3 Å². The predicted molar refractivity (Wildman–Crippen MR) is 79.5 cm³/mol. The van der Waals surface area contributed by atoms with Crippen LogP contribution in [0.2, 0.25) is 0 Å². The van der Waals surface area contributed by atoms with E-state index in [-0.39, 0.29) is 12.5 Å². The molecule has 2 aromatic rings. The fourth-order valence-corrected chi connectivity index (χ4v) is 2.28. The summed E-state index contributed by atoms with van der Waals surface area (Å²) in [5, 5.41) is 7.13. The maximum absolute atomic E-state index is 11.9. The second-order valence-corrected chi connectivity index (χ2v) is 5.39. The number of aromatic nitrogens is 2. The van der Waals surface area contributed by atoms with E-state index in [0.717, 1.165) is 20.6 Å². The van der Waals surface area contributed by atoms with Crippen molar-refractivity contribution < 1.29 is 4.79 Å². The molecular weight excluding hydrogens is 341 g/mol. The number of carbonyl (C=O) groups excluding carboxylic acids is 1. The van der Waals surface area contributed by atoms with Gasteiger partial charge in [0.05, 0.1) is 5.69 Å². The van der Waals surface area contributed by atoms with Crippen LogP contribution in [0.3, 0.4) is 0 Å². The minimum absolute atomic E-state index is 0.0665. The molecule has 4 nitrogen and oxygen atoms in total. The van der Waals surface area contributed by atoms with Crippen molar-refractivity contribution in [1.29, 1.82) is 0 Å². The van der Waals surface area contributed by atoms with E-state index in [4.69, 9.17) is 0 Å². The topological polar surface area (TPSA) is 46.9 Å². The zero-order chi connectivity index (χ0) is 13.1. The SMILES string of the molecule is Cc1cc(C)n(CC(=O)Nc2cccc(I)c2)n1. The van der Waals surface area contributed by atoms with Gasteiger partial charge in [-0.2, -0.15) is 5.10 Å². The van der Waals surface area contributed by atoms with Gasteiger partial charge in [0.15, 0.2) is 0 Å². The van der Waals surface area contributed by atoms with Crippen LogP contribution in [0.25, 0.3) is 0 Å². The van der Waals surface area contributed by atoms with E-state index in [2.05, 4.69) is 33.0 Å². The van der Waals surface area contributed by atoms with Crippen molar-refractivity contribution >= 4 is 34.2 Å². The average molecular weight is 355 g/mol. The highest BCUT2D eigenvalue weighted by Gasteiger charge is 2.07. The molecule has 0 saturated carbocycles. The largest absolute Gasteiger partial charge is 0.324 e. The Morgan fingerprint density at radius 2 is 2.17 bits per heavy atom. The number of carbonyl (C=O) groups is 1. The maximum atomic E-state index is 11.9. The molecule has 2 rings (SSSR count). The number of nitrogens with one attached hydrogen (secondary N) is 1. The van der Waals surface area contributed by atoms with Crippen molar-refractivity contribution in [2.24, 2.45) is 0 Å². The molecule has 18 heavy (non-hydrogen) atoms. The van der Waals surface area contributed by atoms with E-state index in [1.807, 2.05) is 44.2 Å². The van der Waals surface area contributed by atoms with E-state index >= 15 is 0 Å². The van der Waals surface area contributed by atoms with Crippen LogP contribution >= 0.6 is 22.6 Å². The second kappa shape index (κ2) is 5.51. The number of aryl methyl sites for hydroxylation is 2. The van der Waals surface area contributed by atoms with Crippen molar-refractivity contribution in [3.63, 3.8) is 0 Å². The quantitative estimate of drug-likeness (QED) is 0.861. The van der Waals surface area contributed by atoms with Crippen molar-refractivity contribution in [1.82, 2.24) is 9.78 Å². The van der Waals surface area contributed by atoms with Crippen LogP contribution in [0.5, 0.6) is 0 Å². The van der Waals surface area contributed by atoms with Gasteiger partial charge in [-0.25, -0.2) is 0 Å². The van der Waals surface area contributed by atoms with Crippen molar-refractivity contribution in [2.45, 2.75) is 20.4 Å². The first kappa shape index (κ1) is 13.1. The molecule has 1 N–H and O–H groups in total. The number of benzene rings is 1. The minimum atomic E-state index is -0.0665. The van der Waals surface area contributed by atoms with Gasteiger partial charge in [0, 0.05) is 15.0 Å². The van der Waals surface area contributed by atoms with Gasteiger partial charge in [-0.15, -0.1) is 0 Å². The number of anilines is 1. The van der Waals surface area contributed by atoms with E-state index in [1.165, 1.54) is 0 Å². The van der Waals surface area contributed by atoms with Crippen LogP contribution in [-0.2, 0) is 11.3 Å². The number of amides is 1. The van der Waals surface area contributed by atoms with E-state index in [1.54, 1.807) is 4.68 Å². The maximum Gasteiger partial charge on any atom is 0.246 e. The Bertz CT molecular complexity index is 577. The number of rotatable bonds is 3. The minimum Gasteiger partial charge on any atom is -0.324 e. The molecule has 1 aromatic heterocycles. The van der Waals surface area contributed by atoms with E-state index in [0.29, 0.717) is 0 Å². The molecular formula is C13H14IN3O. The lowest BCUT2D eigenvalue weighted by atomic mass is 10.3. The van der Waals surface area contributed by atoms with Crippen LogP contribution in [0.15, 0.2) is 30.3 Å². The highest BCUT2D eigenvalue weighted by molar-refractivity contribution is 14.1. The fourth-order valence-electron chi connectivity index (χ4n) is 1.74. The molecule has 0 aliphatic rings. The van der Waals surface area contributed by atoms with Crippen LogP contribution in [0.4, 0.5) is 5.69 Å². The third kappa shape index (κ3) is 3.32. The van der Waals surface area contributed by atoms with E-state index in [9.17, 15) is 4.79 Å². The number of hydrogen-bond donors (Lipinski definition) is 1. The first-order valence-electron chi connectivity index (χ1n) is 5.61. The molecule has 0 atom stereocenters. The van der Waals surface area contributed by atoms with E-state index < -0.39 is 0 Å². The van der Waals surface area contributed by atoms with Gasteiger partial charge in [0.1, 0.15) is 6.54 Å². The molecule has 0 saturated heterocycles. The Hall–Kier alpha value is -1.37. The molecule has 94 valence electrons. The zero-order valence-corrected chi connectivity index (χ0v) is 12.4. The Morgan fingerprint density at radius 1 is 1.39 bits per heavy atom. The first-order chi connectivity index (χ1) is 8.54. The Morgan fingerprint density at radius 3 is 2.78 bits per heavy atom. The lowest BCUT2D eigenvalue weighted by Gasteiger charge is -2.07. The van der Waals surface area contributed by atoms with Gasteiger partial charge < -0.3 is 5.32 Å². The molecule has 5 heteroatoms. The summed E-state index contributed by atoms with van der Waals surface area (Å²) in [4.78, 5) is 11.9. The van der Waals surface area contributed by atoms with Crippen LogP contribution < -0.4 is 5.32 Å². The third-order valence-corrected chi connectivity index (χ3v) is 3.18. The van der Waals surface area contributed by atoms with Gasteiger partial charge in [0.25, 0.3) is 0 Å². The summed E-state index contributed by atoms with van der Waals surface area (Å²) in [7, 11) is 0. The van der Waals surface area contributed by atoms with Gasteiger partial charge in [0.2, 0.25) is 5.91 Å². The molecule has 0 aliphatic heterocycles. The summed E-state index contributed by atoms with van der Waals surface area (Å²) in [6.45, 7) is 4.10. The summed E-state index contributed by atoms with van der Waals surface area (Å²) in [5.41, 5.74) is 2.73. The monoisotopic (exact) mass is 355 g/mol. The predicted octanol–water partition coefficient (Wildman–Crippen LogP) is 2.74. The smallest absolute Gasteiger partial charge is 0.246 e. The van der Waals surface area contributed by atoms with Gasteiger partial charge in [-0.3, -0.25) is 9.48 Å². The molecule has 0 unspecified atom stereocenters. The van der Waals surface area contributed by atoms with Gasteiger partial charge >= 0.3 is 0 Å². The Labute approximate surface area is 120 Å². The summed E-state index contributed by atoms with van der Waals surface area (Å²) < 4.78 is 2.80. The number of halogens is 1. The normalized spacial score (nSPS) is 10.4. The van der Waals surface area contributed by atoms with Crippen LogP contribution in [0.1, 0.15) is 11.4 Å². The Balaban J connectivity index is 2.03. The first-order valence-corrected chi connectivity index (χ1v) is 6.69. The van der Waals surface area contributed by atoms with Crippen LogP contribution in [0, 0.1) is 17.4 Å². The summed E-state index contributed by atoms with van der Waals surface area (Å²) in [6, 6.07) is 9.66. The molecule has 0 aliphatic carbocycles. The highest BCUT2D eigenvalue weighted by Crippen LogP contribution is 2.12. The highest BCUT2D eigenvalue weighted by atomic mass is 127.